The number of aromatic nitrogens is 3. The van der Waals surface area contributed by atoms with Gasteiger partial charge in [0, 0.05) is 17.0 Å². The van der Waals surface area contributed by atoms with Crippen molar-refractivity contribution in [3.63, 3.8) is 0 Å². The van der Waals surface area contributed by atoms with Crippen molar-refractivity contribution < 1.29 is 17.3 Å². The Morgan fingerprint density at radius 3 is 2.46 bits per heavy atom. The molecule has 3 aromatic rings. The molecule has 0 aliphatic carbocycles. The van der Waals surface area contributed by atoms with Crippen molar-refractivity contribution in [3.05, 3.63) is 53.9 Å². The van der Waals surface area contributed by atoms with Crippen LogP contribution < -0.4 is 10.2 Å². The lowest BCUT2D eigenvalue weighted by atomic mass is 10.2. The van der Waals surface area contributed by atoms with Gasteiger partial charge in [-0.2, -0.15) is 13.5 Å². The van der Waals surface area contributed by atoms with E-state index in [1.165, 1.54) is 0 Å². The second-order valence-electron chi connectivity index (χ2n) is 5.77. The van der Waals surface area contributed by atoms with E-state index in [4.69, 9.17) is 8.92 Å². The zero-order chi connectivity index (χ0) is 20.0. The molecule has 1 aromatic carbocycles. The first-order valence-electron chi connectivity index (χ1n) is 8.37. The Balaban J connectivity index is 1.77. The highest BCUT2D eigenvalue weighted by molar-refractivity contribution is 7.85. The summed E-state index contributed by atoms with van der Waals surface area (Å²) in [7, 11) is -3.53. The van der Waals surface area contributed by atoms with Crippen molar-refractivity contribution in [3.8, 4) is 5.88 Å². The van der Waals surface area contributed by atoms with Gasteiger partial charge in [0.25, 0.3) is 10.1 Å². The Hall–Kier alpha value is -3.11. The highest BCUT2D eigenvalue weighted by Gasteiger charge is 2.11. The number of ether oxygens (including phenoxy) is 1. The van der Waals surface area contributed by atoms with Crippen LogP contribution in [-0.2, 0) is 27.5 Å². The molecule has 9 nitrogen and oxygen atoms in total. The molecule has 0 amide bonds. The largest absolute Gasteiger partial charge is 0.470 e. The monoisotopic (exact) mass is 401 g/mol. The summed E-state index contributed by atoms with van der Waals surface area (Å²) in [6.07, 6.45) is 2.61. The third kappa shape index (κ3) is 5.21. The Labute approximate surface area is 162 Å². The van der Waals surface area contributed by atoms with E-state index >= 15 is 0 Å². The van der Waals surface area contributed by atoms with Gasteiger partial charge in [-0.1, -0.05) is 24.3 Å². The molecule has 3 rings (SSSR count). The number of hydrazone groups is 1. The molecular formula is C18H19N5O4S. The van der Waals surface area contributed by atoms with Crippen molar-refractivity contribution in [1.29, 1.82) is 0 Å². The highest BCUT2D eigenvalue weighted by atomic mass is 32.2. The SMILES string of the molecule is C/C=N\Nc1nnc(OCc2cccc(COS(C)(=O)=O)n2)c2ccccc12. The smallest absolute Gasteiger partial charge is 0.264 e. The maximum Gasteiger partial charge on any atom is 0.264 e. The number of nitrogens with one attached hydrogen (secondary N) is 1. The summed E-state index contributed by atoms with van der Waals surface area (Å²) in [5, 5.41) is 13.8. The minimum Gasteiger partial charge on any atom is -0.470 e. The second-order valence-corrected chi connectivity index (χ2v) is 7.42. The molecule has 0 saturated carbocycles. The molecule has 146 valence electrons. The summed E-state index contributed by atoms with van der Waals surface area (Å²) in [6, 6.07) is 12.7. The molecule has 0 bridgehead atoms. The van der Waals surface area contributed by atoms with E-state index in [0.717, 1.165) is 17.0 Å². The first kappa shape index (κ1) is 19.6. The topological polar surface area (TPSA) is 116 Å². The lowest BCUT2D eigenvalue weighted by molar-refractivity contribution is 0.285. The van der Waals surface area contributed by atoms with E-state index in [-0.39, 0.29) is 13.2 Å². The summed E-state index contributed by atoms with van der Waals surface area (Å²) in [4.78, 5) is 4.33. The summed E-state index contributed by atoms with van der Waals surface area (Å²) >= 11 is 0. The van der Waals surface area contributed by atoms with Crippen LogP contribution in [0.15, 0.2) is 47.6 Å². The molecule has 10 heteroatoms. The molecule has 2 heterocycles. The first-order chi connectivity index (χ1) is 13.5. The maximum absolute atomic E-state index is 11.1. The Bertz CT molecular complexity index is 1100. The van der Waals surface area contributed by atoms with Crippen molar-refractivity contribution in [2.24, 2.45) is 5.10 Å². The standard InChI is InChI=1S/C18H19N5O4S/c1-3-19-21-17-15-9-4-5-10-16(15)18(23-22-17)26-11-13-7-6-8-14(20-13)12-27-28(2,24)25/h3-10H,11-12H2,1-2H3,(H,21,22)/b19-3-. The fourth-order valence-electron chi connectivity index (χ4n) is 2.39. The molecule has 0 unspecified atom stereocenters. The van der Waals surface area contributed by atoms with Crippen molar-refractivity contribution >= 4 is 32.9 Å². The van der Waals surface area contributed by atoms with Crippen LogP contribution in [0, 0.1) is 0 Å². The number of pyridine rings is 1. The van der Waals surface area contributed by atoms with Crippen LogP contribution in [0.2, 0.25) is 0 Å². The van der Waals surface area contributed by atoms with E-state index in [0.29, 0.717) is 23.1 Å². The molecule has 0 fully saturated rings. The third-order valence-electron chi connectivity index (χ3n) is 3.60. The minimum absolute atomic E-state index is 0.131. The van der Waals surface area contributed by atoms with Crippen LogP contribution in [-0.4, -0.2) is 36.1 Å². The van der Waals surface area contributed by atoms with Crippen LogP contribution in [0.4, 0.5) is 5.82 Å². The molecule has 1 N–H and O–H groups in total. The van der Waals surface area contributed by atoms with Crippen LogP contribution in [0.1, 0.15) is 18.3 Å². The molecule has 2 aromatic heterocycles. The second kappa shape index (κ2) is 8.72. The Morgan fingerprint density at radius 1 is 1.04 bits per heavy atom. The predicted octanol–water partition coefficient (Wildman–Crippen LogP) is 2.50. The molecule has 0 atom stereocenters. The van der Waals surface area contributed by atoms with Crippen molar-refractivity contribution in [2.45, 2.75) is 20.1 Å². The minimum atomic E-state index is -3.53. The zero-order valence-corrected chi connectivity index (χ0v) is 16.2. The van der Waals surface area contributed by atoms with Crippen LogP contribution in [0.5, 0.6) is 5.88 Å². The quantitative estimate of drug-likeness (QED) is 0.348. The van der Waals surface area contributed by atoms with E-state index in [9.17, 15) is 8.42 Å². The fraction of sp³-hybridized carbons (Fsp3) is 0.222. The first-order valence-corrected chi connectivity index (χ1v) is 10.2. The van der Waals surface area contributed by atoms with Crippen LogP contribution >= 0.6 is 0 Å². The molecule has 28 heavy (non-hydrogen) atoms. The van der Waals surface area contributed by atoms with Gasteiger partial charge in [-0.05, 0) is 25.1 Å². The van der Waals surface area contributed by atoms with E-state index in [2.05, 4.69) is 25.7 Å². The van der Waals surface area contributed by atoms with Gasteiger partial charge in [-0.15, -0.1) is 10.2 Å². The summed E-state index contributed by atoms with van der Waals surface area (Å²) in [6.45, 7) is 1.81. The van der Waals surface area contributed by atoms with E-state index in [1.54, 1.807) is 31.3 Å². The summed E-state index contributed by atoms with van der Waals surface area (Å²) in [5.74, 6) is 0.889. The van der Waals surface area contributed by atoms with Crippen molar-refractivity contribution in [1.82, 2.24) is 15.2 Å². The zero-order valence-electron chi connectivity index (χ0n) is 15.4. The predicted molar refractivity (Wildman–Crippen MR) is 106 cm³/mol. The summed E-state index contributed by atoms with van der Waals surface area (Å²) < 4.78 is 32.8. The average molecular weight is 401 g/mol. The van der Waals surface area contributed by atoms with Gasteiger partial charge in [-0.3, -0.25) is 14.6 Å². The maximum atomic E-state index is 11.1. The lowest BCUT2D eigenvalue weighted by Gasteiger charge is -2.10. The van der Waals surface area contributed by atoms with Gasteiger partial charge in [0.1, 0.15) is 13.2 Å². The molecule has 0 aliphatic rings. The van der Waals surface area contributed by atoms with Gasteiger partial charge in [0.2, 0.25) is 5.88 Å². The van der Waals surface area contributed by atoms with Gasteiger partial charge >= 0.3 is 0 Å². The van der Waals surface area contributed by atoms with E-state index < -0.39 is 10.1 Å². The van der Waals surface area contributed by atoms with Crippen LogP contribution in [0.25, 0.3) is 10.8 Å². The van der Waals surface area contributed by atoms with Gasteiger partial charge in [0.05, 0.1) is 17.6 Å². The number of rotatable bonds is 8. The summed E-state index contributed by atoms with van der Waals surface area (Å²) in [5.41, 5.74) is 3.93. The molecular weight excluding hydrogens is 382 g/mol. The van der Waals surface area contributed by atoms with Gasteiger partial charge in [0.15, 0.2) is 5.82 Å². The number of nitrogens with zero attached hydrogens (tertiary/aromatic N) is 4. The normalized spacial score (nSPS) is 11.8. The van der Waals surface area contributed by atoms with E-state index in [1.807, 2.05) is 24.3 Å². The highest BCUT2D eigenvalue weighted by Crippen LogP contribution is 2.27. The van der Waals surface area contributed by atoms with Gasteiger partial charge in [-0.25, -0.2) is 0 Å². The number of benzene rings is 1. The molecule has 0 aliphatic heterocycles. The number of hydrogen-bond donors (Lipinski definition) is 1. The Morgan fingerprint density at radius 2 is 1.75 bits per heavy atom. The molecule has 0 spiro atoms. The number of fused-ring (bicyclic) bond motifs is 1. The Kier molecular flexibility index (Phi) is 6.12. The van der Waals surface area contributed by atoms with Crippen molar-refractivity contribution in [2.75, 3.05) is 11.7 Å². The number of hydrogen-bond acceptors (Lipinski definition) is 9. The fourth-order valence-corrected chi connectivity index (χ4v) is 2.73. The van der Waals surface area contributed by atoms with Gasteiger partial charge < -0.3 is 4.74 Å². The lowest BCUT2D eigenvalue weighted by Crippen LogP contribution is -2.07. The molecule has 0 saturated heterocycles. The number of anilines is 1. The van der Waals surface area contributed by atoms with Crippen LogP contribution in [0.3, 0.4) is 0 Å². The molecule has 0 radical (unpaired) electrons. The third-order valence-corrected chi connectivity index (χ3v) is 4.14. The average Bonchev–Trinajstić information content (AvgIpc) is 2.69.